The predicted molar refractivity (Wildman–Crippen MR) is 58.8 cm³/mol. The minimum Gasteiger partial charge on any atom is -0.496 e. The number of ether oxygens (including phenoxy) is 1. The van der Waals surface area contributed by atoms with Crippen LogP contribution in [0.2, 0.25) is 0 Å². The van der Waals surface area contributed by atoms with Gasteiger partial charge in [-0.1, -0.05) is 25.3 Å². The van der Waals surface area contributed by atoms with Gasteiger partial charge in [0.25, 0.3) is 0 Å². The lowest BCUT2D eigenvalue weighted by molar-refractivity contribution is 0.384. The summed E-state index contributed by atoms with van der Waals surface area (Å²) in [7, 11) is 1.61. The highest BCUT2D eigenvalue weighted by atomic mass is 19.1. The number of benzene rings is 1. The Morgan fingerprint density at radius 2 is 1.93 bits per heavy atom. The molecule has 82 valence electrons. The van der Waals surface area contributed by atoms with Crippen LogP contribution in [0.15, 0.2) is 18.2 Å². The minimum absolute atomic E-state index is 0.216. The molecule has 0 aromatic heterocycles. The molecular formula is C13H17FO. The maximum atomic E-state index is 13.0. The first-order valence-electron chi connectivity index (χ1n) is 5.64. The van der Waals surface area contributed by atoms with Gasteiger partial charge in [-0.15, -0.1) is 0 Å². The van der Waals surface area contributed by atoms with E-state index in [2.05, 4.69) is 0 Å². The molecule has 1 aliphatic rings. The molecule has 15 heavy (non-hydrogen) atoms. The van der Waals surface area contributed by atoms with Gasteiger partial charge in [0.05, 0.1) is 7.11 Å². The maximum absolute atomic E-state index is 13.0. The molecule has 0 heterocycles. The Morgan fingerprint density at radius 3 is 2.60 bits per heavy atom. The Hall–Kier alpha value is -1.05. The van der Waals surface area contributed by atoms with Crippen LogP contribution < -0.4 is 4.74 Å². The monoisotopic (exact) mass is 208 g/mol. The first kappa shape index (κ1) is 10.5. The molecule has 0 spiro atoms. The Bertz CT molecular complexity index is 329. The summed E-state index contributed by atoms with van der Waals surface area (Å²) in [5.74, 6) is 1.06. The highest BCUT2D eigenvalue weighted by Crippen LogP contribution is 2.37. The van der Waals surface area contributed by atoms with Gasteiger partial charge >= 0.3 is 0 Å². The topological polar surface area (TPSA) is 9.23 Å². The van der Waals surface area contributed by atoms with Crippen LogP contribution in [0.1, 0.15) is 43.6 Å². The van der Waals surface area contributed by atoms with Gasteiger partial charge in [0.2, 0.25) is 0 Å². The molecule has 0 aliphatic heterocycles. The fourth-order valence-electron chi connectivity index (χ4n) is 2.44. The van der Waals surface area contributed by atoms with Crippen molar-refractivity contribution in [3.05, 3.63) is 29.6 Å². The van der Waals surface area contributed by atoms with Crippen LogP contribution >= 0.6 is 0 Å². The van der Waals surface area contributed by atoms with Crippen molar-refractivity contribution in [2.45, 2.75) is 38.0 Å². The van der Waals surface area contributed by atoms with E-state index in [0.717, 1.165) is 0 Å². The second kappa shape index (κ2) is 4.65. The molecule has 1 aromatic rings. The Morgan fingerprint density at radius 1 is 1.20 bits per heavy atom. The maximum Gasteiger partial charge on any atom is 0.126 e. The van der Waals surface area contributed by atoms with Gasteiger partial charge in [-0.3, -0.25) is 0 Å². The van der Waals surface area contributed by atoms with Crippen LogP contribution in [0.3, 0.4) is 0 Å². The van der Waals surface area contributed by atoms with Crippen molar-refractivity contribution in [1.82, 2.24) is 0 Å². The lowest BCUT2D eigenvalue weighted by Gasteiger charge is -2.23. The third-order valence-corrected chi connectivity index (χ3v) is 3.24. The standard InChI is InChI=1S/C13H17FO/c1-15-13-9-11(14)7-8-12(13)10-5-3-2-4-6-10/h7-10H,2-6H2,1H3. The zero-order valence-corrected chi connectivity index (χ0v) is 9.13. The lowest BCUT2D eigenvalue weighted by atomic mass is 9.84. The average Bonchev–Trinajstić information content (AvgIpc) is 2.30. The quantitative estimate of drug-likeness (QED) is 0.716. The number of hydrogen-bond acceptors (Lipinski definition) is 1. The van der Waals surface area contributed by atoms with E-state index < -0.39 is 0 Å². The van der Waals surface area contributed by atoms with Crippen LogP contribution in [0.25, 0.3) is 0 Å². The number of rotatable bonds is 2. The van der Waals surface area contributed by atoms with Crippen molar-refractivity contribution in [3.8, 4) is 5.75 Å². The molecule has 1 saturated carbocycles. The average molecular weight is 208 g/mol. The summed E-state index contributed by atoms with van der Waals surface area (Å²) in [6, 6.07) is 4.90. The van der Waals surface area contributed by atoms with Crippen LogP contribution in [0, 0.1) is 5.82 Å². The molecule has 0 bridgehead atoms. The first-order valence-corrected chi connectivity index (χ1v) is 5.64. The van der Waals surface area contributed by atoms with E-state index in [-0.39, 0.29) is 5.82 Å². The van der Waals surface area contributed by atoms with Gasteiger partial charge in [0, 0.05) is 6.07 Å². The van der Waals surface area contributed by atoms with Crippen molar-refractivity contribution in [3.63, 3.8) is 0 Å². The van der Waals surface area contributed by atoms with E-state index in [1.54, 1.807) is 7.11 Å². The van der Waals surface area contributed by atoms with Crippen LogP contribution in [-0.2, 0) is 0 Å². The molecule has 2 rings (SSSR count). The normalized spacial score (nSPS) is 17.7. The fourth-order valence-corrected chi connectivity index (χ4v) is 2.44. The lowest BCUT2D eigenvalue weighted by Crippen LogP contribution is -2.06. The minimum atomic E-state index is -0.216. The van der Waals surface area contributed by atoms with Gasteiger partial charge in [0.15, 0.2) is 0 Å². The SMILES string of the molecule is COc1cc(F)ccc1C1CCCCC1. The van der Waals surface area contributed by atoms with E-state index in [1.807, 2.05) is 6.07 Å². The van der Waals surface area contributed by atoms with Crippen molar-refractivity contribution < 1.29 is 9.13 Å². The summed E-state index contributed by atoms with van der Waals surface area (Å²) in [6.45, 7) is 0. The van der Waals surface area contributed by atoms with Crippen LogP contribution in [-0.4, -0.2) is 7.11 Å². The Balaban J connectivity index is 2.25. The smallest absolute Gasteiger partial charge is 0.126 e. The molecule has 1 fully saturated rings. The highest BCUT2D eigenvalue weighted by Gasteiger charge is 2.19. The molecule has 1 aliphatic carbocycles. The zero-order valence-electron chi connectivity index (χ0n) is 9.13. The van der Waals surface area contributed by atoms with Crippen molar-refractivity contribution >= 4 is 0 Å². The van der Waals surface area contributed by atoms with E-state index in [0.29, 0.717) is 11.7 Å². The third-order valence-electron chi connectivity index (χ3n) is 3.24. The van der Waals surface area contributed by atoms with E-state index in [9.17, 15) is 4.39 Å². The zero-order chi connectivity index (χ0) is 10.7. The van der Waals surface area contributed by atoms with Crippen LogP contribution in [0.4, 0.5) is 4.39 Å². The largest absolute Gasteiger partial charge is 0.496 e. The van der Waals surface area contributed by atoms with Crippen molar-refractivity contribution in [2.24, 2.45) is 0 Å². The molecular weight excluding hydrogens is 191 g/mol. The second-order valence-electron chi connectivity index (χ2n) is 4.22. The second-order valence-corrected chi connectivity index (χ2v) is 4.22. The summed E-state index contributed by atoms with van der Waals surface area (Å²) in [5.41, 5.74) is 1.18. The van der Waals surface area contributed by atoms with Gasteiger partial charge in [-0.2, -0.15) is 0 Å². The highest BCUT2D eigenvalue weighted by molar-refractivity contribution is 5.37. The Kier molecular flexibility index (Phi) is 3.24. The number of methoxy groups -OCH3 is 1. The Labute approximate surface area is 90.3 Å². The third kappa shape index (κ3) is 2.31. The number of halogens is 1. The molecule has 0 atom stereocenters. The summed E-state index contributed by atoms with van der Waals surface area (Å²) in [6.07, 6.45) is 6.32. The van der Waals surface area contributed by atoms with E-state index in [4.69, 9.17) is 4.74 Å². The molecule has 0 unspecified atom stereocenters. The molecule has 0 radical (unpaired) electrons. The summed E-state index contributed by atoms with van der Waals surface area (Å²) >= 11 is 0. The molecule has 2 heteroatoms. The molecule has 0 amide bonds. The first-order chi connectivity index (χ1) is 7.31. The summed E-state index contributed by atoms with van der Waals surface area (Å²) < 4.78 is 18.3. The van der Waals surface area contributed by atoms with Crippen molar-refractivity contribution in [1.29, 1.82) is 0 Å². The van der Waals surface area contributed by atoms with E-state index in [1.165, 1.54) is 49.8 Å². The van der Waals surface area contributed by atoms with Gasteiger partial charge in [-0.05, 0) is 30.4 Å². The molecule has 0 N–H and O–H groups in total. The molecule has 1 nitrogen and oxygen atoms in total. The van der Waals surface area contributed by atoms with Crippen molar-refractivity contribution in [2.75, 3.05) is 7.11 Å². The summed E-state index contributed by atoms with van der Waals surface area (Å²) in [4.78, 5) is 0. The van der Waals surface area contributed by atoms with Gasteiger partial charge in [-0.25, -0.2) is 4.39 Å². The van der Waals surface area contributed by atoms with E-state index >= 15 is 0 Å². The molecule has 1 aromatic carbocycles. The van der Waals surface area contributed by atoms with Gasteiger partial charge in [0.1, 0.15) is 11.6 Å². The fraction of sp³-hybridized carbons (Fsp3) is 0.538. The predicted octanol–water partition coefficient (Wildman–Crippen LogP) is 3.88. The molecule has 0 saturated heterocycles. The van der Waals surface area contributed by atoms with Crippen LogP contribution in [0.5, 0.6) is 5.75 Å². The van der Waals surface area contributed by atoms with Gasteiger partial charge < -0.3 is 4.74 Å². The number of hydrogen-bond donors (Lipinski definition) is 0. The summed E-state index contributed by atoms with van der Waals surface area (Å²) in [5, 5.41) is 0.